The summed E-state index contributed by atoms with van der Waals surface area (Å²) in [6, 6.07) is 5.91. The minimum Gasteiger partial charge on any atom is -0.436 e. The molecule has 5 heteroatoms. The van der Waals surface area contributed by atoms with Crippen LogP contribution in [-0.2, 0) is 0 Å². The second kappa shape index (κ2) is 4.90. The highest BCUT2D eigenvalue weighted by atomic mass is 35.5. The van der Waals surface area contributed by atoms with E-state index in [0.717, 1.165) is 17.7 Å². The molecule has 0 amide bonds. The third-order valence-corrected chi connectivity index (χ3v) is 2.68. The fraction of sp³-hybridized carbons (Fsp3) is 0.0833. The molecule has 0 N–H and O–H groups in total. The predicted octanol–water partition coefficient (Wildman–Crippen LogP) is 4.63. The molecule has 2 aromatic rings. The highest BCUT2D eigenvalue weighted by Gasteiger charge is 2.12. The van der Waals surface area contributed by atoms with Crippen LogP contribution in [0.2, 0.25) is 10.0 Å². The van der Waals surface area contributed by atoms with Gasteiger partial charge in [0.25, 0.3) is 0 Å². The van der Waals surface area contributed by atoms with Crippen LogP contribution in [-0.4, -0.2) is 4.98 Å². The Kier molecular flexibility index (Phi) is 3.50. The van der Waals surface area contributed by atoms with Crippen molar-refractivity contribution in [2.24, 2.45) is 0 Å². The summed E-state index contributed by atoms with van der Waals surface area (Å²) in [7, 11) is 0. The topological polar surface area (TPSA) is 22.1 Å². The van der Waals surface area contributed by atoms with E-state index in [9.17, 15) is 4.39 Å². The smallest absolute Gasteiger partial charge is 0.222 e. The van der Waals surface area contributed by atoms with Crippen molar-refractivity contribution in [2.75, 3.05) is 0 Å². The fourth-order valence-electron chi connectivity index (χ4n) is 1.30. The van der Waals surface area contributed by atoms with Crippen molar-refractivity contribution in [3.05, 3.63) is 51.9 Å². The lowest BCUT2D eigenvalue weighted by molar-refractivity contribution is 0.458. The summed E-state index contributed by atoms with van der Waals surface area (Å²) in [6.07, 6.45) is 1.59. The van der Waals surface area contributed by atoms with Crippen molar-refractivity contribution in [3.63, 3.8) is 0 Å². The van der Waals surface area contributed by atoms with Gasteiger partial charge in [0.15, 0.2) is 5.75 Å². The Morgan fingerprint density at radius 2 is 1.88 bits per heavy atom. The number of benzene rings is 1. The van der Waals surface area contributed by atoms with Crippen LogP contribution in [0.5, 0.6) is 11.6 Å². The molecule has 17 heavy (non-hydrogen) atoms. The summed E-state index contributed by atoms with van der Waals surface area (Å²) in [6.45, 7) is 1.84. The van der Waals surface area contributed by atoms with Gasteiger partial charge in [0.05, 0.1) is 10.0 Å². The third-order valence-electron chi connectivity index (χ3n) is 2.12. The van der Waals surface area contributed by atoms with E-state index in [1.165, 1.54) is 0 Å². The van der Waals surface area contributed by atoms with E-state index in [2.05, 4.69) is 4.98 Å². The standard InChI is InChI=1S/C12H8Cl2FNO/c1-7-3-2-4-16-12(7)17-11-9(13)5-8(15)6-10(11)14/h2-6H,1H3. The number of hydrogen-bond donors (Lipinski definition) is 0. The highest BCUT2D eigenvalue weighted by Crippen LogP contribution is 2.37. The summed E-state index contributed by atoms with van der Waals surface area (Å²) in [5.74, 6) is 0.0875. The molecular formula is C12H8Cl2FNO. The van der Waals surface area contributed by atoms with Gasteiger partial charge in [-0.1, -0.05) is 29.3 Å². The summed E-state index contributed by atoms with van der Waals surface area (Å²) in [5.41, 5.74) is 0.837. The van der Waals surface area contributed by atoms with Crippen LogP contribution >= 0.6 is 23.2 Å². The van der Waals surface area contributed by atoms with Crippen molar-refractivity contribution in [3.8, 4) is 11.6 Å². The van der Waals surface area contributed by atoms with Crippen LogP contribution in [0.15, 0.2) is 30.5 Å². The first kappa shape index (κ1) is 12.1. The zero-order valence-corrected chi connectivity index (χ0v) is 10.4. The van der Waals surface area contributed by atoms with E-state index >= 15 is 0 Å². The first-order valence-electron chi connectivity index (χ1n) is 4.82. The normalized spacial score (nSPS) is 10.4. The second-order valence-electron chi connectivity index (χ2n) is 3.43. The number of hydrogen-bond acceptors (Lipinski definition) is 2. The molecule has 0 aliphatic heterocycles. The quantitative estimate of drug-likeness (QED) is 0.795. The Bertz CT molecular complexity index is 537. The van der Waals surface area contributed by atoms with Crippen LogP contribution in [0, 0.1) is 12.7 Å². The average Bonchev–Trinajstić information content (AvgIpc) is 2.25. The van der Waals surface area contributed by atoms with Crippen molar-refractivity contribution in [1.82, 2.24) is 4.98 Å². The largest absolute Gasteiger partial charge is 0.436 e. The Morgan fingerprint density at radius 1 is 1.24 bits per heavy atom. The molecule has 0 saturated heterocycles. The van der Waals surface area contributed by atoms with E-state index < -0.39 is 5.82 Å². The van der Waals surface area contributed by atoms with Crippen molar-refractivity contribution in [1.29, 1.82) is 0 Å². The minimum atomic E-state index is -0.509. The molecule has 2 rings (SSSR count). The third kappa shape index (κ3) is 2.68. The van der Waals surface area contributed by atoms with Crippen molar-refractivity contribution >= 4 is 23.2 Å². The van der Waals surface area contributed by atoms with Gasteiger partial charge in [-0.25, -0.2) is 9.37 Å². The summed E-state index contributed by atoms with van der Waals surface area (Å²) in [4.78, 5) is 4.04. The van der Waals surface area contributed by atoms with E-state index in [1.807, 2.05) is 13.0 Å². The molecule has 0 atom stereocenters. The molecule has 2 nitrogen and oxygen atoms in total. The van der Waals surface area contributed by atoms with Gasteiger partial charge in [-0.15, -0.1) is 0 Å². The average molecular weight is 272 g/mol. The number of aromatic nitrogens is 1. The van der Waals surface area contributed by atoms with Gasteiger partial charge in [-0.2, -0.15) is 0 Å². The molecule has 1 aromatic carbocycles. The number of aryl methyl sites for hydroxylation is 1. The summed E-state index contributed by atoms with van der Waals surface area (Å²) >= 11 is 11.7. The zero-order chi connectivity index (χ0) is 12.4. The molecule has 0 aliphatic rings. The molecule has 1 heterocycles. The minimum absolute atomic E-state index is 0.111. The summed E-state index contributed by atoms with van der Waals surface area (Å²) < 4.78 is 18.5. The number of halogens is 3. The molecule has 88 valence electrons. The van der Waals surface area contributed by atoms with E-state index in [4.69, 9.17) is 27.9 Å². The maximum Gasteiger partial charge on any atom is 0.222 e. The number of nitrogens with zero attached hydrogens (tertiary/aromatic N) is 1. The van der Waals surface area contributed by atoms with Gasteiger partial charge in [0.2, 0.25) is 5.88 Å². The van der Waals surface area contributed by atoms with Crippen LogP contribution in [0.1, 0.15) is 5.56 Å². The first-order valence-corrected chi connectivity index (χ1v) is 5.57. The van der Waals surface area contributed by atoms with Crippen LogP contribution in [0.25, 0.3) is 0 Å². The Labute approximate surface area is 108 Å². The molecular weight excluding hydrogens is 264 g/mol. The molecule has 0 unspecified atom stereocenters. The molecule has 0 aliphatic carbocycles. The lowest BCUT2D eigenvalue weighted by atomic mass is 10.3. The maximum absolute atomic E-state index is 13.0. The van der Waals surface area contributed by atoms with Crippen molar-refractivity contribution < 1.29 is 9.13 Å². The first-order chi connectivity index (χ1) is 8.08. The molecule has 0 radical (unpaired) electrons. The van der Waals surface area contributed by atoms with E-state index in [0.29, 0.717) is 5.88 Å². The van der Waals surface area contributed by atoms with Gasteiger partial charge < -0.3 is 4.74 Å². The van der Waals surface area contributed by atoms with Crippen LogP contribution < -0.4 is 4.74 Å². The molecule has 1 aromatic heterocycles. The van der Waals surface area contributed by atoms with Gasteiger partial charge in [-0.05, 0) is 25.1 Å². The predicted molar refractivity (Wildman–Crippen MR) is 65.5 cm³/mol. The summed E-state index contributed by atoms with van der Waals surface area (Å²) in [5, 5.41) is 0.222. The van der Waals surface area contributed by atoms with E-state index in [1.54, 1.807) is 12.3 Å². The molecule has 0 bridgehead atoms. The Balaban J connectivity index is 2.40. The van der Waals surface area contributed by atoms with Gasteiger partial charge in [0, 0.05) is 11.8 Å². The van der Waals surface area contributed by atoms with Crippen LogP contribution in [0.4, 0.5) is 4.39 Å². The Morgan fingerprint density at radius 3 is 2.47 bits per heavy atom. The monoisotopic (exact) mass is 271 g/mol. The van der Waals surface area contributed by atoms with Gasteiger partial charge in [-0.3, -0.25) is 0 Å². The highest BCUT2D eigenvalue weighted by molar-refractivity contribution is 6.37. The van der Waals surface area contributed by atoms with Crippen LogP contribution in [0.3, 0.4) is 0 Å². The SMILES string of the molecule is Cc1cccnc1Oc1c(Cl)cc(F)cc1Cl. The molecule has 0 fully saturated rings. The lowest BCUT2D eigenvalue weighted by Crippen LogP contribution is -1.92. The maximum atomic E-state index is 13.0. The number of ether oxygens (including phenoxy) is 1. The fourth-order valence-corrected chi connectivity index (χ4v) is 1.84. The Hall–Kier alpha value is -1.32. The van der Waals surface area contributed by atoms with Gasteiger partial charge in [0.1, 0.15) is 5.82 Å². The molecule has 0 spiro atoms. The number of pyridine rings is 1. The zero-order valence-electron chi connectivity index (χ0n) is 8.88. The number of rotatable bonds is 2. The second-order valence-corrected chi connectivity index (χ2v) is 4.24. The van der Waals surface area contributed by atoms with E-state index in [-0.39, 0.29) is 15.8 Å². The lowest BCUT2D eigenvalue weighted by Gasteiger charge is -2.10. The van der Waals surface area contributed by atoms with Crippen molar-refractivity contribution in [2.45, 2.75) is 6.92 Å². The van der Waals surface area contributed by atoms with Gasteiger partial charge >= 0.3 is 0 Å². The molecule has 0 saturated carbocycles.